The van der Waals surface area contributed by atoms with E-state index in [4.69, 9.17) is 0 Å². The van der Waals surface area contributed by atoms with Crippen LogP contribution in [-0.4, -0.2) is 39.3 Å². The average molecular weight is 392 g/mol. The van der Waals surface area contributed by atoms with Crippen LogP contribution >= 0.6 is 0 Å². The Labute approximate surface area is 172 Å². The molecule has 1 aliphatic heterocycles. The van der Waals surface area contributed by atoms with Crippen molar-refractivity contribution in [2.45, 2.75) is 56.9 Å². The molecule has 5 atom stereocenters. The molecule has 2 fully saturated rings. The number of carbonyl (C=O) groups excluding carboxylic acids is 1. The number of hydrogen-bond donors (Lipinski definition) is 2. The fourth-order valence-electron chi connectivity index (χ4n) is 5.17. The minimum atomic E-state index is -0.836. The van der Waals surface area contributed by atoms with Crippen LogP contribution in [0.15, 0.2) is 66.7 Å². The third-order valence-electron chi connectivity index (χ3n) is 6.74. The Hall–Kier alpha value is -2.43. The number of amides is 1. The van der Waals surface area contributed by atoms with E-state index in [-0.39, 0.29) is 18.0 Å². The van der Waals surface area contributed by atoms with E-state index < -0.39 is 17.6 Å². The smallest absolute Gasteiger partial charge is 0.247 e. The molecule has 0 aromatic heterocycles. The van der Waals surface area contributed by atoms with Crippen LogP contribution < -0.4 is 0 Å². The first kappa shape index (κ1) is 19.9. The highest BCUT2D eigenvalue weighted by Gasteiger charge is 2.56. The number of hydrogen-bond acceptors (Lipinski definition) is 3. The average Bonchev–Trinajstić information content (AvgIpc) is 3.01. The molecule has 2 aromatic carbocycles. The van der Waals surface area contributed by atoms with E-state index >= 15 is 0 Å². The van der Waals surface area contributed by atoms with Gasteiger partial charge < -0.3 is 15.1 Å². The van der Waals surface area contributed by atoms with Gasteiger partial charge in [0.2, 0.25) is 5.91 Å². The molecule has 1 saturated heterocycles. The van der Waals surface area contributed by atoms with Crippen LogP contribution in [-0.2, 0) is 4.79 Å². The van der Waals surface area contributed by atoms with Gasteiger partial charge in [-0.3, -0.25) is 4.79 Å². The lowest BCUT2D eigenvalue weighted by Crippen LogP contribution is -2.48. The number of fused-ring (bicyclic) bond motifs is 1. The van der Waals surface area contributed by atoms with Crippen molar-refractivity contribution in [1.29, 1.82) is 0 Å². The van der Waals surface area contributed by atoms with Crippen LogP contribution in [0, 0.1) is 5.41 Å². The molecule has 4 rings (SSSR count). The van der Waals surface area contributed by atoms with Crippen molar-refractivity contribution in [2.75, 3.05) is 0 Å². The van der Waals surface area contributed by atoms with E-state index in [1.165, 1.54) is 0 Å². The second-order valence-corrected chi connectivity index (χ2v) is 8.58. The van der Waals surface area contributed by atoms with Gasteiger partial charge in [-0.25, -0.2) is 0 Å². The molecule has 1 heterocycles. The molecule has 1 saturated carbocycles. The molecular weight excluding hydrogens is 362 g/mol. The number of rotatable bonds is 3. The predicted molar refractivity (Wildman–Crippen MR) is 114 cm³/mol. The lowest BCUT2D eigenvalue weighted by molar-refractivity contribution is -0.131. The summed E-state index contributed by atoms with van der Waals surface area (Å²) in [4.78, 5) is 15.3. The largest absolute Gasteiger partial charge is 0.390 e. The highest BCUT2D eigenvalue weighted by atomic mass is 16.3. The number of carbonyl (C=O) groups is 1. The molecule has 1 amide bonds. The molecule has 1 aliphatic carbocycles. The van der Waals surface area contributed by atoms with Gasteiger partial charge in [-0.15, -0.1) is 0 Å². The zero-order valence-corrected chi connectivity index (χ0v) is 16.8. The molecule has 2 aromatic rings. The molecule has 2 aliphatic rings. The highest BCUT2D eigenvalue weighted by molar-refractivity contribution is 5.92. The third kappa shape index (κ3) is 3.75. The van der Waals surface area contributed by atoms with Gasteiger partial charge in [0.25, 0.3) is 0 Å². The van der Waals surface area contributed by atoms with E-state index in [0.29, 0.717) is 12.8 Å². The number of aliphatic hydroxyl groups excluding tert-OH is 2. The first-order valence-corrected chi connectivity index (χ1v) is 10.5. The summed E-state index contributed by atoms with van der Waals surface area (Å²) in [6, 6.07) is 19.6. The molecule has 4 heteroatoms. The maximum absolute atomic E-state index is 13.4. The second-order valence-electron chi connectivity index (χ2n) is 8.58. The Morgan fingerprint density at radius 1 is 1.03 bits per heavy atom. The van der Waals surface area contributed by atoms with E-state index in [9.17, 15) is 15.0 Å². The summed E-state index contributed by atoms with van der Waals surface area (Å²) < 4.78 is 0. The maximum Gasteiger partial charge on any atom is 0.247 e. The van der Waals surface area contributed by atoms with Crippen molar-refractivity contribution in [3.63, 3.8) is 0 Å². The standard InChI is InChI=1S/C25H29NO3/c1-25-17-20(19-11-6-3-7-12-19)26(22(25)14-8-13-21(27)24(25)29)23(28)16-15-18-9-4-2-5-10-18/h2-7,9-12,15-16,20-22,24,27,29H,8,13-14,17H2,1H3/t20-,21-,22-,24+,25-/m1/s1. The summed E-state index contributed by atoms with van der Waals surface area (Å²) in [5, 5.41) is 21.4. The van der Waals surface area contributed by atoms with E-state index in [1.54, 1.807) is 6.08 Å². The van der Waals surface area contributed by atoms with E-state index in [1.807, 2.05) is 78.6 Å². The molecular formula is C25H29NO3. The van der Waals surface area contributed by atoms with Crippen molar-refractivity contribution >= 4 is 12.0 Å². The summed E-state index contributed by atoms with van der Waals surface area (Å²) in [6.07, 6.45) is 4.72. The topological polar surface area (TPSA) is 60.8 Å². The van der Waals surface area contributed by atoms with Crippen molar-refractivity contribution in [1.82, 2.24) is 4.90 Å². The first-order valence-electron chi connectivity index (χ1n) is 10.5. The molecule has 152 valence electrons. The Bertz CT molecular complexity index is 866. The zero-order valence-electron chi connectivity index (χ0n) is 16.8. The van der Waals surface area contributed by atoms with Gasteiger partial charge in [0.15, 0.2) is 0 Å². The molecule has 4 nitrogen and oxygen atoms in total. The van der Waals surface area contributed by atoms with Crippen LogP contribution in [0.4, 0.5) is 0 Å². The summed E-state index contributed by atoms with van der Waals surface area (Å²) in [5.74, 6) is -0.0416. The van der Waals surface area contributed by atoms with Gasteiger partial charge in [-0.1, -0.05) is 67.6 Å². The summed E-state index contributed by atoms with van der Waals surface area (Å²) in [7, 11) is 0. The number of likely N-dealkylation sites (tertiary alicyclic amines) is 1. The quantitative estimate of drug-likeness (QED) is 0.779. The highest BCUT2D eigenvalue weighted by Crippen LogP contribution is 2.53. The lowest BCUT2D eigenvalue weighted by Gasteiger charge is -2.38. The van der Waals surface area contributed by atoms with Gasteiger partial charge in [0.1, 0.15) is 0 Å². The van der Waals surface area contributed by atoms with Gasteiger partial charge in [-0.2, -0.15) is 0 Å². The lowest BCUT2D eigenvalue weighted by atomic mass is 9.74. The van der Waals surface area contributed by atoms with Crippen LogP contribution in [0.5, 0.6) is 0 Å². The van der Waals surface area contributed by atoms with Gasteiger partial charge in [-0.05, 0) is 42.9 Å². The molecule has 0 spiro atoms. The fourth-order valence-corrected chi connectivity index (χ4v) is 5.17. The molecule has 0 unspecified atom stereocenters. The minimum absolute atomic E-state index is 0.0416. The van der Waals surface area contributed by atoms with E-state index in [2.05, 4.69) is 0 Å². The van der Waals surface area contributed by atoms with E-state index in [0.717, 1.165) is 24.0 Å². The summed E-state index contributed by atoms with van der Waals surface area (Å²) in [6.45, 7) is 2.03. The van der Waals surface area contributed by atoms with Crippen molar-refractivity contribution in [3.8, 4) is 0 Å². The summed E-state index contributed by atoms with van der Waals surface area (Å²) in [5.41, 5.74) is 1.52. The summed E-state index contributed by atoms with van der Waals surface area (Å²) >= 11 is 0. The third-order valence-corrected chi connectivity index (χ3v) is 6.74. The Kier molecular flexibility index (Phi) is 5.57. The Morgan fingerprint density at radius 3 is 2.38 bits per heavy atom. The van der Waals surface area contributed by atoms with Crippen LogP contribution in [0.3, 0.4) is 0 Å². The second kappa shape index (κ2) is 8.13. The Balaban J connectivity index is 1.70. The van der Waals surface area contributed by atoms with Crippen molar-refractivity contribution in [2.24, 2.45) is 5.41 Å². The van der Waals surface area contributed by atoms with Crippen LogP contribution in [0.1, 0.15) is 49.8 Å². The minimum Gasteiger partial charge on any atom is -0.390 e. The molecule has 0 bridgehead atoms. The van der Waals surface area contributed by atoms with Crippen LogP contribution in [0.2, 0.25) is 0 Å². The fraction of sp³-hybridized carbons (Fsp3) is 0.400. The number of aliphatic hydroxyl groups is 2. The van der Waals surface area contributed by atoms with Crippen LogP contribution in [0.25, 0.3) is 6.08 Å². The van der Waals surface area contributed by atoms with Crippen molar-refractivity contribution in [3.05, 3.63) is 77.9 Å². The SMILES string of the molecule is C[C@@]12C[C@H](c3ccccc3)N(C(=O)C=Cc3ccccc3)[C@@H]1CCC[C@@H](O)[C@@H]2O. The number of nitrogens with zero attached hydrogens (tertiary/aromatic N) is 1. The van der Waals surface area contributed by atoms with Gasteiger partial charge >= 0.3 is 0 Å². The van der Waals surface area contributed by atoms with Gasteiger partial charge in [0.05, 0.1) is 18.2 Å². The monoisotopic (exact) mass is 391 g/mol. The zero-order chi connectivity index (χ0) is 20.4. The normalized spacial score (nSPS) is 32.2. The molecule has 29 heavy (non-hydrogen) atoms. The molecule has 2 N–H and O–H groups in total. The molecule has 0 radical (unpaired) electrons. The van der Waals surface area contributed by atoms with Gasteiger partial charge in [0, 0.05) is 17.5 Å². The number of benzene rings is 2. The maximum atomic E-state index is 13.4. The predicted octanol–water partition coefficient (Wildman–Crippen LogP) is 3.95. The first-order chi connectivity index (χ1) is 14.0. The van der Waals surface area contributed by atoms with Crippen molar-refractivity contribution < 1.29 is 15.0 Å². The Morgan fingerprint density at radius 2 is 1.69 bits per heavy atom.